The lowest BCUT2D eigenvalue weighted by Crippen LogP contribution is -2.39. The molecule has 1 heterocycles. The summed E-state index contributed by atoms with van der Waals surface area (Å²) >= 11 is 0. The number of nitrogens with two attached hydrogens (primary N) is 5. The summed E-state index contributed by atoms with van der Waals surface area (Å²) < 4.78 is 0. The van der Waals surface area contributed by atoms with Gasteiger partial charge >= 0.3 is 6.03 Å². The average Bonchev–Trinajstić information content (AvgIpc) is 1.97. The van der Waals surface area contributed by atoms with E-state index < -0.39 is 12.0 Å². The fraction of sp³-hybridized carbons (Fsp3) is 0. The molecule has 1 aromatic rings. The Morgan fingerprint density at radius 3 is 1.44 bits per heavy atom. The van der Waals surface area contributed by atoms with Crippen molar-refractivity contribution in [3.63, 3.8) is 0 Å². The summed E-state index contributed by atoms with van der Waals surface area (Å²) in [6.07, 6.45) is 0. The van der Waals surface area contributed by atoms with Crippen molar-refractivity contribution in [1.82, 2.24) is 20.3 Å². The van der Waals surface area contributed by atoms with Crippen LogP contribution in [0.2, 0.25) is 0 Å². The normalized spacial score (nSPS) is 8.50. The zero-order valence-corrected chi connectivity index (χ0v) is 8.14. The average molecular weight is 228 g/mol. The Balaban J connectivity index is 0.000000293. The van der Waals surface area contributed by atoms with Crippen LogP contribution in [0.1, 0.15) is 0 Å². The predicted octanol–water partition coefficient (Wildman–Crippen LogP) is -2.83. The summed E-state index contributed by atoms with van der Waals surface area (Å²) in [5.41, 5.74) is 24.6. The van der Waals surface area contributed by atoms with E-state index in [0.717, 1.165) is 0 Å². The summed E-state index contributed by atoms with van der Waals surface area (Å²) in [5.74, 6) is -0.312. The maximum atomic E-state index is 9.70. The fourth-order valence-electron chi connectivity index (χ4n) is 0.560. The molecule has 0 saturated carbocycles. The number of carbonyl (C=O) groups excluding carboxylic acids is 1. The Morgan fingerprint density at radius 1 is 1.00 bits per heavy atom. The quantitative estimate of drug-likeness (QED) is 0.180. The third kappa shape index (κ3) is 6.64. The first-order valence-electron chi connectivity index (χ1n) is 3.74. The minimum atomic E-state index is -0.812. The number of rotatable bonds is 0. The number of amides is 2. The number of nitrogens with zero attached hydrogens (tertiary/aromatic N) is 3. The summed E-state index contributed by atoms with van der Waals surface area (Å²) in [6.45, 7) is 0. The topological polar surface area (TPSA) is 222 Å². The molecule has 0 atom stereocenters. The van der Waals surface area contributed by atoms with E-state index in [9.17, 15) is 4.79 Å². The molecule has 0 fully saturated rings. The molecule has 0 aliphatic rings. The van der Waals surface area contributed by atoms with E-state index in [1.165, 1.54) is 0 Å². The lowest BCUT2D eigenvalue weighted by atomic mass is 10.9. The highest BCUT2D eigenvalue weighted by Crippen LogP contribution is 1.97. The van der Waals surface area contributed by atoms with Crippen molar-refractivity contribution in [3.05, 3.63) is 0 Å². The van der Waals surface area contributed by atoms with Gasteiger partial charge in [-0.05, 0) is 0 Å². The lowest BCUT2D eigenvalue weighted by Gasteiger charge is -1.93. The molecule has 0 radical (unpaired) electrons. The Bertz CT molecular complexity index is 326. The molecule has 0 aliphatic heterocycles. The molecule has 1 aromatic heterocycles. The monoisotopic (exact) mass is 228 g/mol. The van der Waals surface area contributed by atoms with Crippen LogP contribution in [0.5, 0.6) is 0 Å². The number of hydrogen-bond acceptors (Lipinski definition) is 8. The van der Waals surface area contributed by atoms with Crippen molar-refractivity contribution in [3.8, 4) is 0 Å². The van der Waals surface area contributed by atoms with Gasteiger partial charge in [0.1, 0.15) is 0 Å². The predicted molar refractivity (Wildman–Crippen MR) is 57.7 cm³/mol. The molecule has 11 nitrogen and oxygen atoms in total. The van der Waals surface area contributed by atoms with Crippen LogP contribution in [0.15, 0.2) is 0 Å². The molecule has 0 saturated heterocycles. The number of guanidine groups is 1. The van der Waals surface area contributed by atoms with Crippen LogP contribution >= 0.6 is 0 Å². The number of nitrogen functional groups attached to an aromatic ring is 3. The van der Waals surface area contributed by atoms with Crippen molar-refractivity contribution in [1.29, 1.82) is 5.41 Å². The molecule has 1 rings (SSSR count). The minimum Gasteiger partial charge on any atom is -0.370 e. The first-order chi connectivity index (χ1) is 7.31. The van der Waals surface area contributed by atoms with Gasteiger partial charge in [0, 0.05) is 0 Å². The molecule has 0 aromatic carbocycles. The maximum Gasteiger partial charge on any atom is 0.318 e. The van der Waals surface area contributed by atoms with Crippen LogP contribution in [-0.2, 0) is 0 Å². The van der Waals surface area contributed by atoms with Crippen LogP contribution in [-0.4, -0.2) is 26.9 Å². The summed E-state index contributed by atoms with van der Waals surface area (Å²) in [7, 11) is 0. The highest BCUT2D eigenvalue weighted by atomic mass is 16.2. The number of urea groups is 1. The lowest BCUT2D eigenvalue weighted by molar-refractivity contribution is 0.253. The van der Waals surface area contributed by atoms with Crippen LogP contribution in [0, 0.1) is 5.41 Å². The molecule has 12 N–H and O–H groups in total. The third-order valence-electron chi connectivity index (χ3n) is 0.945. The Labute approximate surface area is 89.9 Å². The first-order valence-corrected chi connectivity index (χ1v) is 3.74. The van der Waals surface area contributed by atoms with E-state index in [-0.39, 0.29) is 17.8 Å². The van der Waals surface area contributed by atoms with Gasteiger partial charge in [-0.1, -0.05) is 0 Å². The van der Waals surface area contributed by atoms with E-state index in [1.807, 2.05) is 0 Å². The highest BCUT2D eigenvalue weighted by molar-refractivity contribution is 5.92. The van der Waals surface area contributed by atoms with E-state index in [0.29, 0.717) is 0 Å². The van der Waals surface area contributed by atoms with Crippen LogP contribution in [0.4, 0.5) is 22.6 Å². The molecular weight excluding hydrogens is 216 g/mol. The number of carbonyl (C=O) groups is 1. The molecule has 0 spiro atoms. The molecule has 0 aliphatic carbocycles. The maximum absolute atomic E-state index is 9.70. The van der Waals surface area contributed by atoms with Gasteiger partial charge in [-0.2, -0.15) is 15.0 Å². The Morgan fingerprint density at radius 2 is 1.31 bits per heavy atom. The molecular formula is C5H12N10O. The molecule has 0 unspecified atom stereocenters. The number of aromatic nitrogens is 3. The highest BCUT2D eigenvalue weighted by Gasteiger charge is 1.93. The van der Waals surface area contributed by atoms with E-state index in [1.54, 1.807) is 5.32 Å². The minimum absolute atomic E-state index is 0.0417. The second kappa shape index (κ2) is 5.79. The van der Waals surface area contributed by atoms with E-state index in [4.69, 9.17) is 22.6 Å². The van der Waals surface area contributed by atoms with Crippen molar-refractivity contribution in [2.24, 2.45) is 11.5 Å². The van der Waals surface area contributed by atoms with Gasteiger partial charge < -0.3 is 28.7 Å². The summed E-state index contributed by atoms with van der Waals surface area (Å²) in [4.78, 5) is 20.2. The third-order valence-corrected chi connectivity index (χ3v) is 0.945. The standard InChI is InChI=1S/C3H6N6.C2H6N4O/c4-1-7-2(5)9-3(6)8-1;3-1(4)6-2(5)7/h(H6,4,5,6,7,8,9);(H6,3,4,5,6,7). The molecule has 16 heavy (non-hydrogen) atoms. The largest absolute Gasteiger partial charge is 0.370 e. The first kappa shape index (κ1) is 13.1. The zero-order chi connectivity index (χ0) is 12.7. The van der Waals surface area contributed by atoms with Crippen LogP contribution in [0.25, 0.3) is 0 Å². The van der Waals surface area contributed by atoms with E-state index in [2.05, 4.69) is 26.4 Å². The number of nitrogens with one attached hydrogen (secondary N) is 2. The summed E-state index contributed by atoms with van der Waals surface area (Å²) in [5, 5.41) is 8.20. The van der Waals surface area contributed by atoms with E-state index >= 15 is 0 Å². The molecule has 0 bridgehead atoms. The van der Waals surface area contributed by atoms with Gasteiger partial charge in [0.2, 0.25) is 17.8 Å². The number of hydrogen-bond donors (Lipinski definition) is 7. The SMILES string of the molecule is N=C(N)NC(N)=O.Nc1nc(N)nc(N)n1. The van der Waals surface area contributed by atoms with Gasteiger partial charge in [0.05, 0.1) is 0 Å². The second-order valence-electron chi connectivity index (χ2n) is 2.31. The zero-order valence-electron chi connectivity index (χ0n) is 8.14. The van der Waals surface area contributed by atoms with Crippen LogP contribution < -0.4 is 34.0 Å². The van der Waals surface area contributed by atoms with Gasteiger partial charge in [0.15, 0.2) is 5.96 Å². The van der Waals surface area contributed by atoms with Crippen molar-refractivity contribution >= 4 is 29.8 Å². The molecule has 11 heteroatoms. The molecule has 88 valence electrons. The van der Waals surface area contributed by atoms with Gasteiger partial charge in [-0.25, -0.2) is 4.79 Å². The van der Waals surface area contributed by atoms with Crippen molar-refractivity contribution in [2.75, 3.05) is 17.2 Å². The Kier molecular flexibility index (Phi) is 4.76. The van der Waals surface area contributed by atoms with Gasteiger partial charge in [-0.3, -0.25) is 10.7 Å². The van der Waals surface area contributed by atoms with Gasteiger partial charge in [0.25, 0.3) is 0 Å². The fourth-order valence-corrected chi connectivity index (χ4v) is 0.560. The molecule has 2 amide bonds. The summed E-state index contributed by atoms with van der Waals surface area (Å²) in [6, 6.07) is -0.812. The van der Waals surface area contributed by atoms with Gasteiger partial charge in [-0.15, -0.1) is 0 Å². The van der Waals surface area contributed by atoms with Crippen molar-refractivity contribution in [2.45, 2.75) is 0 Å². The van der Waals surface area contributed by atoms with Crippen molar-refractivity contribution < 1.29 is 4.79 Å². The number of primary amides is 1. The van der Waals surface area contributed by atoms with Crippen LogP contribution in [0.3, 0.4) is 0 Å². The Hall–Kier alpha value is -2.85. The second-order valence-corrected chi connectivity index (χ2v) is 2.31. The number of anilines is 3. The smallest absolute Gasteiger partial charge is 0.318 e.